The zero-order valence-corrected chi connectivity index (χ0v) is 22.7. The third kappa shape index (κ3) is 3.19. The van der Waals surface area contributed by atoms with Crippen LogP contribution >= 0.6 is 0 Å². The van der Waals surface area contributed by atoms with Crippen molar-refractivity contribution in [1.29, 1.82) is 10.5 Å². The van der Waals surface area contributed by atoms with Gasteiger partial charge in [-0.2, -0.15) is 10.5 Å². The second-order valence-electron chi connectivity index (χ2n) is 10.8. The van der Waals surface area contributed by atoms with E-state index in [1.807, 2.05) is 66.7 Å². The molecular formula is C38H20N4O. The van der Waals surface area contributed by atoms with Crippen LogP contribution in [-0.2, 0) is 0 Å². The highest BCUT2D eigenvalue weighted by atomic mass is 16.3. The summed E-state index contributed by atoms with van der Waals surface area (Å²) in [6, 6.07) is 45.5. The number of rotatable bonds is 2. The quantitative estimate of drug-likeness (QED) is 0.216. The fourth-order valence-corrected chi connectivity index (χ4v) is 6.71. The molecule has 0 aliphatic rings. The van der Waals surface area contributed by atoms with Crippen molar-refractivity contribution in [1.82, 2.24) is 9.13 Å². The molecule has 0 bridgehead atoms. The molecule has 0 N–H and O–H groups in total. The number of fused-ring (bicyclic) bond motifs is 9. The highest BCUT2D eigenvalue weighted by Crippen LogP contribution is 2.40. The van der Waals surface area contributed by atoms with Crippen LogP contribution in [0.15, 0.2) is 126 Å². The van der Waals surface area contributed by atoms with E-state index in [0.717, 1.165) is 76.9 Å². The predicted octanol–water partition coefficient (Wildman–Crippen LogP) is 9.52. The molecule has 0 saturated carbocycles. The van der Waals surface area contributed by atoms with Crippen molar-refractivity contribution >= 4 is 65.6 Å². The van der Waals surface area contributed by atoms with Gasteiger partial charge in [-0.1, -0.05) is 48.5 Å². The topological polar surface area (TPSA) is 70.6 Å². The summed E-state index contributed by atoms with van der Waals surface area (Å²) in [6.45, 7) is 0. The summed E-state index contributed by atoms with van der Waals surface area (Å²) in [5.41, 5.74) is 9.10. The van der Waals surface area contributed by atoms with Crippen molar-refractivity contribution < 1.29 is 4.42 Å². The maximum Gasteiger partial charge on any atom is 0.159 e. The van der Waals surface area contributed by atoms with Gasteiger partial charge in [0.1, 0.15) is 5.58 Å². The first-order valence-electron chi connectivity index (χ1n) is 14.1. The first-order valence-corrected chi connectivity index (χ1v) is 14.1. The minimum Gasteiger partial charge on any atom is -0.454 e. The molecule has 0 amide bonds. The molecule has 43 heavy (non-hydrogen) atoms. The Morgan fingerprint density at radius 1 is 0.465 bits per heavy atom. The van der Waals surface area contributed by atoms with E-state index < -0.39 is 0 Å². The van der Waals surface area contributed by atoms with Crippen molar-refractivity contribution in [2.45, 2.75) is 0 Å². The van der Waals surface area contributed by atoms with Gasteiger partial charge >= 0.3 is 0 Å². The van der Waals surface area contributed by atoms with Crippen molar-refractivity contribution in [3.05, 3.63) is 132 Å². The normalized spacial score (nSPS) is 11.7. The molecule has 3 heterocycles. The van der Waals surface area contributed by atoms with Crippen LogP contribution in [-0.4, -0.2) is 9.13 Å². The van der Waals surface area contributed by atoms with Gasteiger partial charge in [0.15, 0.2) is 5.58 Å². The predicted molar refractivity (Wildman–Crippen MR) is 172 cm³/mol. The summed E-state index contributed by atoms with van der Waals surface area (Å²) in [5, 5.41) is 25.5. The fraction of sp³-hybridized carbons (Fsp3) is 0. The minimum atomic E-state index is 0.638. The maximum absolute atomic E-state index is 9.56. The van der Waals surface area contributed by atoms with Crippen LogP contribution in [0.2, 0.25) is 0 Å². The lowest BCUT2D eigenvalue weighted by atomic mass is 10.1. The fourth-order valence-electron chi connectivity index (χ4n) is 6.71. The van der Waals surface area contributed by atoms with Gasteiger partial charge in [0.25, 0.3) is 0 Å². The highest BCUT2D eigenvalue weighted by Gasteiger charge is 2.19. The molecule has 0 spiro atoms. The number of hydrogen-bond acceptors (Lipinski definition) is 3. The van der Waals surface area contributed by atoms with Crippen LogP contribution in [0.5, 0.6) is 0 Å². The number of nitriles is 2. The lowest BCUT2D eigenvalue weighted by molar-refractivity contribution is 0.666. The number of aromatic nitrogens is 2. The van der Waals surface area contributed by atoms with Gasteiger partial charge in [0.05, 0.1) is 51.0 Å². The Morgan fingerprint density at radius 2 is 1.05 bits per heavy atom. The van der Waals surface area contributed by atoms with Crippen LogP contribution in [0.3, 0.4) is 0 Å². The lowest BCUT2D eigenvalue weighted by Crippen LogP contribution is -1.94. The molecule has 6 aromatic carbocycles. The lowest BCUT2D eigenvalue weighted by Gasteiger charge is -2.08. The molecule has 9 aromatic rings. The Balaban J connectivity index is 1.32. The van der Waals surface area contributed by atoms with E-state index in [4.69, 9.17) is 4.42 Å². The summed E-state index contributed by atoms with van der Waals surface area (Å²) < 4.78 is 11.1. The summed E-state index contributed by atoms with van der Waals surface area (Å²) in [7, 11) is 0. The van der Waals surface area contributed by atoms with E-state index in [2.05, 4.69) is 75.9 Å². The Hall–Kier alpha value is -6.30. The molecule has 5 nitrogen and oxygen atoms in total. The Bertz CT molecular complexity index is 2710. The third-order valence-corrected chi connectivity index (χ3v) is 8.56. The van der Waals surface area contributed by atoms with Gasteiger partial charge < -0.3 is 13.6 Å². The second-order valence-corrected chi connectivity index (χ2v) is 10.8. The maximum atomic E-state index is 9.56. The highest BCUT2D eigenvalue weighted by molar-refractivity contribution is 6.14. The molecule has 198 valence electrons. The van der Waals surface area contributed by atoms with Crippen molar-refractivity contribution in [3.63, 3.8) is 0 Å². The largest absolute Gasteiger partial charge is 0.454 e. The van der Waals surface area contributed by atoms with Gasteiger partial charge in [-0.3, -0.25) is 0 Å². The van der Waals surface area contributed by atoms with Crippen LogP contribution in [0.4, 0.5) is 0 Å². The first-order chi connectivity index (χ1) is 21.2. The number of para-hydroxylation sites is 3. The van der Waals surface area contributed by atoms with Crippen molar-refractivity contribution in [2.24, 2.45) is 0 Å². The van der Waals surface area contributed by atoms with Gasteiger partial charge in [-0.15, -0.1) is 0 Å². The van der Waals surface area contributed by atoms with E-state index in [1.54, 1.807) is 0 Å². The second kappa shape index (κ2) is 8.60. The molecule has 0 unspecified atom stereocenters. The van der Waals surface area contributed by atoms with Gasteiger partial charge in [0, 0.05) is 38.0 Å². The van der Waals surface area contributed by atoms with Gasteiger partial charge in [-0.05, 0) is 72.8 Å². The molecule has 5 heteroatoms. The third-order valence-electron chi connectivity index (χ3n) is 8.56. The standard InChI is InChI=1S/C38H20N4O/c39-21-23-12-15-34-29(18-23)26-6-1-3-9-32(26)41(34)25-14-17-37-31(20-25)28-8-5-11-36(38(28)43-37)42-33-10-4-2-7-27(33)30-19-24(22-40)13-16-35(30)42/h1-20H. The van der Waals surface area contributed by atoms with E-state index >= 15 is 0 Å². The van der Waals surface area contributed by atoms with Crippen LogP contribution in [0.25, 0.3) is 76.9 Å². The summed E-state index contributed by atoms with van der Waals surface area (Å²) in [5.74, 6) is 0. The number of nitrogens with zero attached hydrogens (tertiary/aromatic N) is 4. The van der Waals surface area contributed by atoms with Gasteiger partial charge in [0.2, 0.25) is 0 Å². The molecule has 0 saturated heterocycles. The number of furan rings is 1. The zero-order chi connectivity index (χ0) is 28.7. The molecule has 9 rings (SSSR count). The van der Waals surface area contributed by atoms with Gasteiger partial charge in [-0.25, -0.2) is 0 Å². The SMILES string of the molecule is N#Cc1ccc2c(c1)c1ccccc1n2-c1ccc2oc3c(-n4c5ccccc5c5cc(C#N)ccc54)cccc3c2c1. The summed E-state index contributed by atoms with van der Waals surface area (Å²) >= 11 is 0. The Kier molecular flexibility index (Phi) is 4.68. The van der Waals surface area contributed by atoms with Crippen LogP contribution < -0.4 is 0 Å². The molecule has 0 aliphatic heterocycles. The molecule has 3 aromatic heterocycles. The van der Waals surface area contributed by atoms with E-state index in [-0.39, 0.29) is 0 Å². The molecule has 0 radical (unpaired) electrons. The van der Waals surface area contributed by atoms with E-state index in [0.29, 0.717) is 11.1 Å². The molecule has 0 fully saturated rings. The van der Waals surface area contributed by atoms with Crippen LogP contribution in [0.1, 0.15) is 11.1 Å². The van der Waals surface area contributed by atoms with Crippen molar-refractivity contribution in [3.8, 4) is 23.5 Å². The summed E-state index contributed by atoms with van der Waals surface area (Å²) in [4.78, 5) is 0. The van der Waals surface area contributed by atoms with E-state index in [9.17, 15) is 10.5 Å². The minimum absolute atomic E-state index is 0.638. The Morgan fingerprint density at radius 3 is 1.72 bits per heavy atom. The van der Waals surface area contributed by atoms with E-state index in [1.165, 1.54) is 0 Å². The first kappa shape index (κ1) is 23.4. The monoisotopic (exact) mass is 548 g/mol. The zero-order valence-electron chi connectivity index (χ0n) is 22.7. The summed E-state index contributed by atoms with van der Waals surface area (Å²) in [6.07, 6.45) is 0. The van der Waals surface area contributed by atoms with Crippen LogP contribution in [0, 0.1) is 22.7 Å². The molecule has 0 aliphatic carbocycles. The molecular weight excluding hydrogens is 528 g/mol. The Labute approximate surface area is 245 Å². The number of benzene rings is 6. The smallest absolute Gasteiger partial charge is 0.159 e. The van der Waals surface area contributed by atoms with Crippen molar-refractivity contribution in [2.75, 3.05) is 0 Å². The number of hydrogen-bond donors (Lipinski definition) is 0. The average molecular weight is 549 g/mol. The molecule has 0 atom stereocenters. The average Bonchev–Trinajstić information content (AvgIpc) is 3.71.